The van der Waals surface area contributed by atoms with Crippen molar-refractivity contribution in [1.82, 2.24) is 10.6 Å². The van der Waals surface area contributed by atoms with Crippen LogP contribution in [0.15, 0.2) is 0 Å². The fraction of sp³-hybridized carbons (Fsp3) is 0.750. The second-order valence-electron chi connectivity index (χ2n) is 3.05. The molecule has 0 saturated heterocycles. The Kier molecular flexibility index (Phi) is 7.51. The first kappa shape index (κ1) is 13.8. The Morgan fingerprint density at radius 1 is 1.13 bits per heavy atom. The largest absolute Gasteiger partial charge is 0.370 e. The summed E-state index contributed by atoms with van der Waals surface area (Å²) in [7, 11) is 0. The van der Waals surface area contributed by atoms with E-state index in [0.29, 0.717) is 26.2 Å². The maximum atomic E-state index is 11.5. The third kappa shape index (κ3) is 6.83. The van der Waals surface area contributed by atoms with Crippen LogP contribution < -0.4 is 27.8 Å². The van der Waals surface area contributed by atoms with Crippen LogP contribution in [0.4, 0.5) is 0 Å². The summed E-state index contributed by atoms with van der Waals surface area (Å²) in [6.07, 6.45) is -0.0452. The number of hydrogen-bond donors (Lipinski definition) is 5. The molecule has 0 aliphatic rings. The first-order valence-corrected chi connectivity index (χ1v) is 4.81. The van der Waals surface area contributed by atoms with E-state index in [1.54, 1.807) is 0 Å². The third-order valence-corrected chi connectivity index (χ3v) is 1.70. The van der Waals surface area contributed by atoms with E-state index < -0.39 is 11.9 Å². The molecule has 0 aromatic heterocycles. The first-order valence-electron chi connectivity index (χ1n) is 4.81. The van der Waals surface area contributed by atoms with E-state index in [4.69, 9.17) is 17.2 Å². The molecule has 2 amide bonds. The predicted octanol–water partition coefficient (Wildman–Crippen LogP) is -3.15. The lowest BCUT2D eigenvalue weighted by Crippen LogP contribution is -2.48. The third-order valence-electron chi connectivity index (χ3n) is 1.70. The molecule has 7 nitrogen and oxygen atoms in total. The van der Waals surface area contributed by atoms with Crippen LogP contribution in [-0.2, 0) is 9.59 Å². The number of primary amides is 1. The topological polar surface area (TPSA) is 136 Å². The van der Waals surface area contributed by atoms with Crippen molar-refractivity contribution in [2.45, 2.75) is 12.5 Å². The van der Waals surface area contributed by atoms with E-state index in [1.807, 2.05) is 0 Å². The van der Waals surface area contributed by atoms with Gasteiger partial charge in [-0.1, -0.05) is 0 Å². The van der Waals surface area contributed by atoms with Gasteiger partial charge < -0.3 is 27.8 Å². The smallest absolute Gasteiger partial charge is 0.237 e. The van der Waals surface area contributed by atoms with Gasteiger partial charge in [-0.2, -0.15) is 0 Å². The van der Waals surface area contributed by atoms with E-state index in [1.165, 1.54) is 0 Å². The van der Waals surface area contributed by atoms with Gasteiger partial charge in [-0.25, -0.2) is 0 Å². The van der Waals surface area contributed by atoms with Gasteiger partial charge in [-0.15, -0.1) is 0 Å². The highest BCUT2D eigenvalue weighted by Crippen LogP contribution is 1.90. The summed E-state index contributed by atoms with van der Waals surface area (Å²) in [5, 5.41) is 5.40. The van der Waals surface area contributed by atoms with Crippen molar-refractivity contribution in [2.75, 3.05) is 26.2 Å². The van der Waals surface area contributed by atoms with Crippen molar-refractivity contribution < 1.29 is 9.59 Å². The van der Waals surface area contributed by atoms with E-state index in [0.717, 1.165) is 0 Å². The molecule has 0 aliphatic carbocycles. The van der Waals surface area contributed by atoms with Crippen molar-refractivity contribution >= 4 is 11.8 Å². The summed E-state index contributed by atoms with van der Waals surface area (Å²) >= 11 is 0. The molecule has 0 spiro atoms. The molecule has 1 atom stereocenters. The number of hydrogen-bond acceptors (Lipinski definition) is 5. The van der Waals surface area contributed by atoms with E-state index in [-0.39, 0.29) is 12.3 Å². The Morgan fingerprint density at radius 2 is 1.73 bits per heavy atom. The van der Waals surface area contributed by atoms with Crippen LogP contribution in [0.3, 0.4) is 0 Å². The number of carbonyl (C=O) groups excluding carboxylic acids is 2. The van der Waals surface area contributed by atoms with Gasteiger partial charge in [0.1, 0.15) is 0 Å². The van der Waals surface area contributed by atoms with Gasteiger partial charge in [0.25, 0.3) is 0 Å². The summed E-state index contributed by atoms with van der Waals surface area (Å²) < 4.78 is 0. The fourth-order valence-electron chi connectivity index (χ4n) is 1.03. The summed E-state index contributed by atoms with van der Waals surface area (Å²) in [6, 6.07) is -0.627. The maximum Gasteiger partial charge on any atom is 0.237 e. The van der Waals surface area contributed by atoms with Crippen molar-refractivity contribution in [2.24, 2.45) is 17.2 Å². The second kappa shape index (κ2) is 8.16. The molecule has 0 unspecified atom stereocenters. The lowest BCUT2D eigenvalue weighted by Gasteiger charge is -2.16. The van der Waals surface area contributed by atoms with Gasteiger partial charge in [-0.05, 0) is 0 Å². The van der Waals surface area contributed by atoms with Gasteiger partial charge in [-0.3, -0.25) is 9.59 Å². The minimum absolute atomic E-state index is 0.0452. The number of amides is 2. The van der Waals surface area contributed by atoms with Crippen LogP contribution in [0.2, 0.25) is 0 Å². The van der Waals surface area contributed by atoms with Crippen molar-refractivity contribution in [1.29, 1.82) is 0 Å². The monoisotopic (exact) mass is 217 g/mol. The highest BCUT2D eigenvalue weighted by atomic mass is 16.2. The fourth-order valence-corrected chi connectivity index (χ4v) is 1.03. The van der Waals surface area contributed by atoms with Crippen LogP contribution in [0.5, 0.6) is 0 Å². The molecule has 8 N–H and O–H groups in total. The summed E-state index contributed by atoms with van der Waals surface area (Å²) in [5.74, 6) is -0.819. The molecule has 7 heteroatoms. The van der Waals surface area contributed by atoms with E-state index in [9.17, 15) is 9.59 Å². The summed E-state index contributed by atoms with van der Waals surface area (Å²) in [5.41, 5.74) is 15.5. The highest BCUT2D eigenvalue weighted by Gasteiger charge is 2.18. The SMILES string of the molecule is NCCNC(=O)[C@H](CC(N)=O)NCCN. The number of nitrogens with two attached hydrogens (primary N) is 3. The van der Waals surface area contributed by atoms with E-state index in [2.05, 4.69) is 10.6 Å². The Morgan fingerprint density at radius 3 is 2.20 bits per heavy atom. The number of rotatable bonds is 8. The van der Waals surface area contributed by atoms with Gasteiger partial charge in [0.2, 0.25) is 11.8 Å². The zero-order valence-electron chi connectivity index (χ0n) is 8.66. The highest BCUT2D eigenvalue weighted by molar-refractivity contribution is 5.87. The van der Waals surface area contributed by atoms with Crippen LogP contribution in [0, 0.1) is 0 Å². The van der Waals surface area contributed by atoms with Gasteiger partial charge in [0, 0.05) is 26.2 Å². The van der Waals surface area contributed by atoms with Crippen molar-refractivity contribution in [3.63, 3.8) is 0 Å². The Hall–Kier alpha value is -1.18. The molecule has 15 heavy (non-hydrogen) atoms. The average Bonchev–Trinajstić information content (AvgIpc) is 2.20. The van der Waals surface area contributed by atoms with Crippen LogP contribution >= 0.6 is 0 Å². The molecule has 0 rings (SSSR count). The van der Waals surface area contributed by atoms with Crippen LogP contribution in [0.25, 0.3) is 0 Å². The molecule has 0 bridgehead atoms. The lowest BCUT2D eigenvalue weighted by molar-refractivity contribution is -0.127. The summed E-state index contributed by atoms with van der Waals surface area (Å²) in [6.45, 7) is 1.57. The number of carbonyl (C=O) groups is 2. The Balaban J connectivity index is 4.07. The summed E-state index contributed by atoms with van der Waals surface area (Å²) in [4.78, 5) is 22.2. The normalized spacial score (nSPS) is 12.1. The minimum Gasteiger partial charge on any atom is -0.370 e. The molecule has 0 aliphatic heterocycles. The molecule has 0 radical (unpaired) electrons. The van der Waals surface area contributed by atoms with Gasteiger partial charge in [0.15, 0.2) is 0 Å². The first-order chi connectivity index (χ1) is 7.11. The molecule has 88 valence electrons. The minimum atomic E-state index is -0.627. The average molecular weight is 217 g/mol. The van der Waals surface area contributed by atoms with Gasteiger partial charge in [0.05, 0.1) is 12.5 Å². The molecular formula is C8H19N5O2. The Labute approximate surface area is 88.7 Å². The molecule has 0 aromatic carbocycles. The zero-order chi connectivity index (χ0) is 11.7. The molecular weight excluding hydrogens is 198 g/mol. The van der Waals surface area contributed by atoms with Gasteiger partial charge >= 0.3 is 0 Å². The Bertz CT molecular complexity index is 209. The molecule has 0 fully saturated rings. The van der Waals surface area contributed by atoms with Crippen molar-refractivity contribution in [3.8, 4) is 0 Å². The zero-order valence-corrected chi connectivity index (χ0v) is 8.66. The molecule has 0 aromatic rings. The van der Waals surface area contributed by atoms with Crippen LogP contribution in [0.1, 0.15) is 6.42 Å². The molecule has 0 heterocycles. The van der Waals surface area contributed by atoms with Crippen LogP contribution in [-0.4, -0.2) is 44.0 Å². The van der Waals surface area contributed by atoms with E-state index >= 15 is 0 Å². The molecule has 0 saturated carbocycles. The van der Waals surface area contributed by atoms with Crippen molar-refractivity contribution in [3.05, 3.63) is 0 Å². The standard InChI is InChI=1S/C8H19N5O2/c9-1-3-12-6(5-7(11)14)8(15)13-4-2-10/h6,12H,1-5,9-10H2,(H2,11,14)(H,13,15)/t6-/m0/s1. The second-order valence-corrected chi connectivity index (χ2v) is 3.05. The predicted molar refractivity (Wildman–Crippen MR) is 56.7 cm³/mol. The maximum absolute atomic E-state index is 11.5. The quantitative estimate of drug-likeness (QED) is 0.292. The number of nitrogens with one attached hydrogen (secondary N) is 2. The lowest BCUT2D eigenvalue weighted by atomic mass is 10.2.